The zero-order valence-electron chi connectivity index (χ0n) is 8.44. The number of halogens is 2. The molecule has 0 amide bonds. The average molecular weight is 196 g/mol. The fraction of sp³-hybridized carbons (Fsp3) is 1.00. The molecule has 0 atom stereocenters. The summed E-state index contributed by atoms with van der Waals surface area (Å²) in [6, 6.07) is 0. The molecule has 0 aromatic rings. The van der Waals surface area contributed by atoms with E-state index in [2.05, 4.69) is 0 Å². The van der Waals surface area contributed by atoms with Crippen molar-refractivity contribution in [1.82, 2.24) is 0 Å². The van der Waals surface area contributed by atoms with Crippen LogP contribution in [0.3, 0.4) is 0 Å². The van der Waals surface area contributed by atoms with E-state index < -0.39 is 11.5 Å². The molecule has 1 N–H and O–H groups in total. The molecule has 0 spiro atoms. The van der Waals surface area contributed by atoms with Gasteiger partial charge in [-0.25, -0.2) is 8.78 Å². The van der Waals surface area contributed by atoms with Crippen LogP contribution in [-0.2, 0) is 4.74 Å². The molecule has 1 fully saturated rings. The minimum Gasteiger partial charge on any atom is -0.383 e. The summed E-state index contributed by atoms with van der Waals surface area (Å²) in [5, 5.41) is 9.38. The maximum Gasteiger partial charge on any atom is 0.273 e. The van der Waals surface area contributed by atoms with Gasteiger partial charge in [0.25, 0.3) is 5.92 Å². The van der Waals surface area contributed by atoms with Gasteiger partial charge in [-0.05, 0) is 0 Å². The van der Waals surface area contributed by atoms with Crippen molar-refractivity contribution in [2.75, 3.05) is 13.2 Å². The predicted molar refractivity (Wildman–Crippen MR) is 47.0 cm³/mol. The van der Waals surface area contributed by atoms with E-state index >= 15 is 0 Å². The molecule has 13 heavy (non-hydrogen) atoms. The van der Waals surface area contributed by atoms with Crippen LogP contribution in [0.25, 0.3) is 0 Å². The summed E-state index contributed by atoms with van der Waals surface area (Å²) < 4.78 is 30.2. The molecule has 0 saturated carbocycles. The van der Waals surface area contributed by atoms with E-state index in [1.165, 1.54) is 0 Å². The molecule has 80 valence electrons. The molecular weight excluding hydrogens is 178 g/mol. The minimum atomic E-state index is -3.02. The Morgan fingerprint density at radius 2 is 1.62 bits per heavy atom. The average Bonchev–Trinajstić information content (AvgIpc) is 2.07. The van der Waals surface area contributed by atoms with Crippen LogP contribution in [0.1, 0.15) is 33.6 Å². The second-order valence-corrected chi connectivity index (χ2v) is 3.03. The van der Waals surface area contributed by atoms with Crippen LogP contribution < -0.4 is 0 Å². The molecule has 1 aliphatic heterocycles. The third-order valence-corrected chi connectivity index (χ3v) is 2.14. The lowest BCUT2D eigenvalue weighted by atomic mass is 9.88. The Morgan fingerprint density at radius 3 is 1.85 bits per heavy atom. The number of aliphatic hydroxyl groups is 1. The highest BCUT2D eigenvalue weighted by Crippen LogP contribution is 2.35. The van der Waals surface area contributed by atoms with E-state index in [0.717, 1.165) is 6.92 Å². The Bertz CT molecular complexity index is 137. The van der Waals surface area contributed by atoms with Crippen LogP contribution in [0.2, 0.25) is 0 Å². The van der Waals surface area contributed by atoms with E-state index in [-0.39, 0.29) is 26.1 Å². The summed E-state index contributed by atoms with van der Waals surface area (Å²) in [5.41, 5.74) is -1.84. The van der Waals surface area contributed by atoms with Crippen LogP contribution in [0, 0.1) is 0 Å². The summed E-state index contributed by atoms with van der Waals surface area (Å²) >= 11 is 0. The molecule has 1 rings (SSSR count). The Kier molecular flexibility index (Phi) is 4.78. The molecule has 0 unspecified atom stereocenters. The topological polar surface area (TPSA) is 29.5 Å². The maximum absolute atomic E-state index is 12.7. The van der Waals surface area contributed by atoms with Crippen molar-refractivity contribution in [3.05, 3.63) is 0 Å². The van der Waals surface area contributed by atoms with E-state index in [1.54, 1.807) is 0 Å². The summed E-state index contributed by atoms with van der Waals surface area (Å²) in [6.07, 6.45) is 0.0486. The van der Waals surface area contributed by atoms with Gasteiger partial charge in [-0.3, -0.25) is 0 Å². The molecule has 1 aliphatic rings. The van der Waals surface area contributed by atoms with Gasteiger partial charge in [-0.15, -0.1) is 0 Å². The SMILES string of the molecule is CC.CC(F)(F)C1(O)CCOCC1. The van der Waals surface area contributed by atoms with Crippen molar-refractivity contribution < 1.29 is 18.6 Å². The van der Waals surface area contributed by atoms with Crippen LogP contribution in [0.5, 0.6) is 0 Å². The fourth-order valence-corrected chi connectivity index (χ4v) is 1.15. The first-order chi connectivity index (χ1) is 5.96. The molecule has 2 nitrogen and oxygen atoms in total. The van der Waals surface area contributed by atoms with Crippen molar-refractivity contribution in [2.24, 2.45) is 0 Å². The fourth-order valence-electron chi connectivity index (χ4n) is 1.15. The van der Waals surface area contributed by atoms with Crippen molar-refractivity contribution in [3.63, 3.8) is 0 Å². The third-order valence-electron chi connectivity index (χ3n) is 2.14. The Hall–Kier alpha value is -0.220. The minimum absolute atomic E-state index is 0.0243. The second-order valence-electron chi connectivity index (χ2n) is 3.03. The lowest BCUT2D eigenvalue weighted by Gasteiger charge is -2.36. The van der Waals surface area contributed by atoms with Crippen LogP contribution in [0.4, 0.5) is 8.78 Å². The lowest BCUT2D eigenvalue weighted by molar-refractivity contribution is -0.203. The summed E-state index contributed by atoms with van der Waals surface area (Å²) in [7, 11) is 0. The Morgan fingerprint density at radius 1 is 1.23 bits per heavy atom. The van der Waals surface area contributed by atoms with E-state index in [1.807, 2.05) is 13.8 Å². The predicted octanol–water partition coefficient (Wildman–Crippen LogP) is 2.21. The number of ether oxygens (including phenoxy) is 1. The lowest BCUT2D eigenvalue weighted by Crippen LogP contribution is -2.49. The number of alkyl halides is 2. The van der Waals surface area contributed by atoms with Gasteiger partial charge in [-0.1, -0.05) is 13.8 Å². The zero-order chi connectivity index (χ0) is 10.5. The molecule has 0 aliphatic carbocycles. The van der Waals surface area contributed by atoms with Gasteiger partial charge >= 0.3 is 0 Å². The number of hydrogen-bond acceptors (Lipinski definition) is 2. The summed E-state index contributed by atoms with van der Waals surface area (Å²) in [6.45, 7) is 5.19. The van der Waals surface area contributed by atoms with Gasteiger partial charge in [0.05, 0.1) is 0 Å². The first kappa shape index (κ1) is 12.8. The standard InChI is InChI=1S/C7H12F2O2.C2H6/c1-6(8,9)7(10)2-4-11-5-3-7;1-2/h10H,2-5H2,1H3;1-2H3. The van der Waals surface area contributed by atoms with Gasteiger partial charge in [0.1, 0.15) is 5.60 Å². The Balaban J connectivity index is 0.000000671. The molecular formula is C9H18F2O2. The largest absolute Gasteiger partial charge is 0.383 e. The molecule has 0 aromatic heterocycles. The zero-order valence-corrected chi connectivity index (χ0v) is 8.44. The molecule has 0 radical (unpaired) electrons. The van der Waals surface area contributed by atoms with E-state index in [9.17, 15) is 13.9 Å². The molecule has 1 heterocycles. The molecule has 0 bridgehead atoms. The first-order valence-corrected chi connectivity index (χ1v) is 4.64. The molecule has 1 saturated heterocycles. The highest BCUT2D eigenvalue weighted by Gasteiger charge is 2.49. The summed E-state index contributed by atoms with van der Waals surface area (Å²) in [4.78, 5) is 0. The first-order valence-electron chi connectivity index (χ1n) is 4.64. The smallest absolute Gasteiger partial charge is 0.273 e. The van der Waals surface area contributed by atoms with Gasteiger partial charge < -0.3 is 9.84 Å². The summed E-state index contributed by atoms with van der Waals surface area (Å²) in [5.74, 6) is -3.02. The van der Waals surface area contributed by atoms with Crippen LogP contribution in [0.15, 0.2) is 0 Å². The third kappa shape index (κ3) is 3.19. The Labute approximate surface area is 77.9 Å². The van der Waals surface area contributed by atoms with Crippen LogP contribution in [-0.4, -0.2) is 29.8 Å². The highest BCUT2D eigenvalue weighted by molar-refractivity contribution is 4.91. The quantitative estimate of drug-likeness (QED) is 0.696. The molecule has 0 aromatic carbocycles. The van der Waals surface area contributed by atoms with E-state index in [4.69, 9.17) is 4.74 Å². The van der Waals surface area contributed by atoms with Crippen molar-refractivity contribution in [2.45, 2.75) is 45.1 Å². The monoisotopic (exact) mass is 196 g/mol. The molecule has 4 heteroatoms. The van der Waals surface area contributed by atoms with Crippen molar-refractivity contribution >= 4 is 0 Å². The van der Waals surface area contributed by atoms with Gasteiger partial charge in [0.2, 0.25) is 0 Å². The van der Waals surface area contributed by atoms with Crippen molar-refractivity contribution in [3.8, 4) is 0 Å². The van der Waals surface area contributed by atoms with E-state index in [0.29, 0.717) is 0 Å². The normalized spacial score (nSPS) is 21.7. The van der Waals surface area contributed by atoms with Crippen molar-refractivity contribution in [1.29, 1.82) is 0 Å². The number of hydrogen-bond donors (Lipinski definition) is 1. The van der Waals surface area contributed by atoms with Gasteiger partial charge in [0.15, 0.2) is 0 Å². The number of rotatable bonds is 1. The maximum atomic E-state index is 12.7. The van der Waals surface area contributed by atoms with Gasteiger partial charge in [0, 0.05) is 33.0 Å². The van der Waals surface area contributed by atoms with Gasteiger partial charge in [-0.2, -0.15) is 0 Å². The van der Waals surface area contributed by atoms with Crippen LogP contribution >= 0.6 is 0 Å². The second kappa shape index (κ2) is 4.86. The highest BCUT2D eigenvalue weighted by atomic mass is 19.3.